The van der Waals surface area contributed by atoms with Crippen LogP contribution >= 0.6 is 22.9 Å². The number of ether oxygens (including phenoxy) is 3. The molecule has 0 radical (unpaired) electrons. The molecular weight excluding hydrogens is 743 g/mol. The normalized spacial score (nSPS) is 21.7. The molecule has 1 amide bonds. The first-order chi connectivity index (χ1) is 25.1. The Morgan fingerprint density at radius 3 is 2.75 bits per heavy atom. The van der Waals surface area contributed by atoms with Gasteiger partial charge in [-0.05, 0) is 58.7 Å². The number of carbonyl (C=O) groups excluding carboxylic acids is 1. The minimum atomic E-state index is -2.79. The number of aromatic nitrogens is 2. The van der Waals surface area contributed by atoms with Gasteiger partial charge in [-0.1, -0.05) is 17.7 Å². The lowest BCUT2D eigenvalue weighted by Gasteiger charge is -2.34. The zero-order chi connectivity index (χ0) is 38.0. The Kier molecular flexibility index (Phi) is 9.73. The number of carbonyl (C=O) groups is 1. The number of anilines is 2. The molecule has 7 rings (SSSR count). The zero-order valence-electron chi connectivity index (χ0n) is 29.3. The fourth-order valence-electron chi connectivity index (χ4n) is 7.61. The van der Waals surface area contributed by atoms with Crippen LogP contribution < -0.4 is 19.7 Å². The standard InChI is InChI=1S/C36H36ClF5N6O4S/c1-17-8-11-50-29-25-28(44-33(45-31(25)48(17)15-22(40)41)51-16-36-9-5-10-47(36)14-18(38)12-36)27(42)24(26(29)37)19-6-7-21(39)30-23(19)20(13-43)32(53-30)46-34(49)52-35(2,3)4/h6-7,17-18,22H,5,8-12,14-16H2,1-4H3,(H,46,49)/t17-,18-,36+/m1/s1. The maximum atomic E-state index is 17.3. The van der Waals surface area contributed by atoms with Gasteiger partial charge in [0, 0.05) is 36.4 Å². The minimum absolute atomic E-state index is 0.00588. The summed E-state index contributed by atoms with van der Waals surface area (Å²) in [5, 5.41) is 12.4. The fraction of sp³-hybridized carbons (Fsp3) is 0.500. The molecule has 17 heteroatoms. The maximum Gasteiger partial charge on any atom is 0.412 e. The van der Waals surface area contributed by atoms with Gasteiger partial charge in [-0.15, -0.1) is 11.3 Å². The van der Waals surface area contributed by atoms with Gasteiger partial charge in [-0.2, -0.15) is 15.2 Å². The van der Waals surface area contributed by atoms with Gasteiger partial charge in [0.2, 0.25) is 0 Å². The number of hydrogen-bond acceptors (Lipinski definition) is 10. The average molecular weight is 779 g/mol. The lowest BCUT2D eigenvalue weighted by Crippen LogP contribution is -2.43. The molecule has 0 unspecified atom stereocenters. The topological polar surface area (TPSA) is 113 Å². The SMILES string of the molecule is C[C@@H]1CCOc2c(Cl)c(-c3ccc(F)c4sc(NC(=O)OC(C)(C)C)c(C#N)c34)c(F)c3nc(OC[C@@]45CCCN4C[C@H](F)C5)nc(c23)N1CC(F)F. The molecule has 0 bridgehead atoms. The van der Waals surface area contributed by atoms with E-state index in [-0.39, 0.29) is 97.9 Å². The van der Waals surface area contributed by atoms with Crippen molar-refractivity contribution in [3.05, 3.63) is 34.4 Å². The smallest absolute Gasteiger partial charge is 0.412 e. The van der Waals surface area contributed by atoms with E-state index < -0.39 is 54.1 Å². The van der Waals surface area contributed by atoms with E-state index in [1.54, 1.807) is 27.7 Å². The third-order valence-electron chi connectivity index (χ3n) is 9.88. The van der Waals surface area contributed by atoms with E-state index in [9.17, 15) is 23.2 Å². The number of alkyl halides is 3. The van der Waals surface area contributed by atoms with Crippen LogP contribution in [-0.4, -0.2) is 83.6 Å². The highest BCUT2D eigenvalue weighted by Gasteiger charge is 2.49. The van der Waals surface area contributed by atoms with E-state index >= 15 is 8.78 Å². The molecule has 2 aromatic heterocycles. The van der Waals surface area contributed by atoms with Gasteiger partial charge in [-0.3, -0.25) is 10.2 Å². The van der Waals surface area contributed by atoms with Crippen LogP contribution in [0.1, 0.15) is 58.9 Å². The molecule has 4 aromatic rings. The molecule has 5 heterocycles. The molecule has 0 spiro atoms. The summed E-state index contributed by atoms with van der Waals surface area (Å²) in [4.78, 5) is 25.0. The first-order valence-corrected chi connectivity index (χ1v) is 18.4. The predicted octanol–water partition coefficient (Wildman–Crippen LogP) is 8.86. The number of fused-ring (bicyclic) bond motifs is 2. The first kappa shape index (κ1) is 37.1. The summed E-state index contributed by atoms with van der Waals surface area (Å²) in [5.41, 5.74) is -2.36. The van der Waals surface area contributed by atoms with Crippen molar-refractivity contribution in [2.75, 3.05) is 43.1 Å². The van der Waals surface area contributed by atoms with Crippen LogP contribution in [0, 0.1) is 23.0 Å². The van der Waals surface area contributed by atoms with Crippen LogP contribution in [0.25, 0.3) is 32.1 Å². The number of amides is 1. The molecule has 3 aliphatic heterocycles. The third-order valence-corrected chi connectivity index (χ3v) is 11.4. The molecule has 2 aromatic carbocycles. The Balaban J connectivity index is 1.44. The van der Waals surface area contributed by atoms with Crippen molar-refractivity contribution in [3.8, 4) is 29.0 Å². The van der Waals surface area contributed by atoms with Crippen molar-refractivity contribution < 1.29 is 41.0 Å². The highest BCUT2D eigenvalue weighted by atomic mass is 35.5. The Bertz CT molecular complexity index is 2160. The van der Waals surface area contributed by atoms with E-state index in [1.807, 2.05) is 11.0 Å². The summed E-state index contributed by atoms with van der Waals surface area (Å²) in [5.74, 6) is -1.96. The highest BCUT2D eigenvalue weighted by Crippen LogP contribution is 2.51. The van der Waals surface area contributed by atoms with Gasteiger partial charge >= 0.3 is 12.1 Å². The Morgan fingerprint density at radius 1 is 1.26 bits per heavy atom. The summed E-state index contributed by atoms with van der Waals surface area (Å²) < 4.78 is 93.0. The van der Waals surface area contributed by atoms with Gasteiger partial charge in [0.05, 0.1) is 39.4 Å². The Morgan fingerprint density at radius 2 is 2.04 bits per heavy atom. The Hall–Kier alpha value is -4.20. The Labute approximate surface area is 310 Å². The molecular formula is C36H36ClF5N6O4S. The molecule has 0 saturated carbocycles. The van der Waals surface area contributed by atoms with E-state index in [1.165, 1.54) is 11.0 Å². The number of nitriles is 1. The van der Waals surface area contributed by atoms with Crippen molar-refractivity contribution in [2.24, 2.45) is 0 Å². The molecule has 2 fully saturated rings. The summed E-state index contributed by atoms with van der Waals surface area (Å²) in [6, 6.07) is 3.47. The van der Waals surface area contributed by atoms with Crippen LogP contribution in [0.5, 0.6) is 11.8 Å². The molecule has 3 atom stereocenters. The lowest BCUT2D eigenvalue weighted by molar-refractivity contribution is 0.0636. The third kappa shape index (κ3) is 6.76. The van der Waals surface area contributed by atoms with Crippen LogP contribution in [-0.2, 0) is 4.74 Å². The molecule has 282 valence electrons. The number of nitrogens with zero attached hydrogens (tertiary/aromatic N) is 5. The maximum absolute atomic E-state index is 17.3. The van der Waals surface area contributed by atoms with Crippen molar-refractivity contribution in [2.45, 2.75) is 83.2 Å². The molecule has 53 heavy (non-hydrogen) atoms. The second-order valence-corrected chi connectivity index (χ2v) is 16.0. The highest BCUT2D eigenvalue weighted by molar-refractivity contribution is 7.23. The van der Waals surface area contributed by atoms with Crippen molar-refractivity contribution in [1.82, 2.24) is 14.9 Å². The van der Waals surface area contributed by atoms with Gasteiger partial charge in [0.15, 0.2) is 11.6 Å². The number of halogens is 6. The molecule has 3 aliphatic rings. The average Bonchev–Trinajstić information content (AvgIpc) is 3.73. The summed E-state index contributed by atoms with van der Waals surface area (Å²) >= 11 is 7.74. The summed E-state index contributed by atoms with van der Waals surface area (Å²) in [6.07, 6.45) is -2.72. The lowest BCUT2D eigenvalue weighted by atomic mass is 9.95. The van der Waals surface area contributed by atoms with E-state index in [0.717, 1.165) is 23.8 Å². The largest absolute Gasteiger partial charge is 0.491 e. The number of benzene rings is 2. The van der Waals surface area contributed by atoms with Crippen LogP contribution in [0.3, 0.4) is 0 Å². The van der Waals surface area contributed by atoms with Crippen molar-refractivity contribution in [3.63, 3.8) is 0 Å². The molecule has 1 N–H and O–H groups in total. The minimum Gasteiger partial charge on any atom is -0.491 e. The second-order valence-electron chi connectivity index (χ2n) is 14.6. The quantitative estimate of drug-likeness (QED) is 0.184. The van der Waals surface area contributed by atoms with Gasteiger partial charge in [-0.25, -0.2) is 26.7 Å². The molecule has 10 nitrogen and oxygen atoms in total. The number of hydrogen-bond donors (Lipinski definition) is 1. The van der Waals surface area contributed by atoms with E-state index in [4.69, 9.17) is 25.8 Å². The van der Waals surface area contributed by atoms with Crippen molar-refractivity contribution in [1.29, 1.82) is 5.26 Å². The summed E-state index contributed by atoms with van der Waals surface area (Å²) in [6.45, 7) is 6.87. The van der Waals surface area contributed by atoms with Gasteiger partial charge < -0.3 is 19.1 Å². The van der Waals surface area contributed by atoms with E-state index in [0.29, 0.717) is 13.0 Å². The van der Waals surface area contributed by atoms with Crippen molar-refractivity contribution >= 4 is 60.8 Å². The number of rotatable bonds is 7. The van der Waals surface area contributed by atoms with Crippen LogP contribution in [0.15, 0.2) is 12.1 Å². The molecule has 0 aliphatic carbocycles. The van der Waals surface area contributed by atoms with Crippen LogP contribution in [0.4, 0.5) is 37.6 Å². The van der Waals surface area contributed by atoms with E-state index in [2.05, 4.69) is 15.3 Å². The number of nitrogens with one attached hydrogen (secondary N) is 1. The first-order valence-electron chi connectivity index (χ1n) is 17.2. The fourth-order valence-corrected chi connectivity index (χ4v) is 9.01. The number of thiophene rings is 1. The predicted molar refractivity (Wildman–Crippen MR) is 191 cm³/mol. The monoisotopic (exact) mass is 778 g/mol. The van der Waals surface area contributed by atoms with Gasteiger partial charge in [0.1, 0.15) is 46.6 Å². The molecule has 2 saturated heterocycles. The zero-order valence-corrected chi connectivity index (χ0v) is 30.9. The van der Waals surface area contributed by atoms with Gasteiger partial charge in [0.25, 0.3) is 6.43 Å². The summed E-state index contributed by atoms with van der Waals surface area (Å²) in [7, 11) is 0. The van der Waals surface area contributed by atoms with Crippen LogP contribution in [0.2, 0.25) is 5.02 Å². The second kappa shape index (κ2) is 13.9.